The van der Waals surface area contributed by atoms with Crippen LogP contribution in [0.15, 0.2) is 22.4 Å². The van der Waals surface area contributed by atoms with E-state index in [1.54, 1.807) is 23.1 Å². The van der Waals surface area contributed by atoms with E-state index in [-0.39, 0.29) is 6.61 Å². The number of hydrogen-bond donors (Lipinski definition) is 1. The van der Waals surface area contributed by atoms with Crippen molar-refractivity contribution in [3.05, 3.63) is 26.6 Å². The van der Waals surface area contributed by atoms with Crippen LogP contribution in [0.5, 0.6) is 0 Å². The number of thiophene rings is 1. The zero-order valence-electron chi connectivity index (χ0n) is 7.58. The van der Waals surface area contributed by atoms with Crippen molar-refractivity contribution in [1.29, 1.82) is 0 Å². The molecule has 2 rings (SSSR count). The molecule has 1 N–H and O–H groups in total. The highest BCUT2D eigenvalue weighted by Crippen LogP contribution is 2.36. The molecule has 74 valence electrons. The van der Waals surface area contributed by atoms with Crippen LogP contribution in [0.3, 0.4) is 0 Å². The molecule has 0 spiro atoms. The van der Waals surface area contributed by atoms with Crippen LogP contribution in [-0.4, -0.2) is 11.4 Å². The molecule has 0 radical (unpaired) electrons. The summed E-state index contributed by atoms with van der Waals surface area (Å²) in [6, 6.07) is 4.21. The summed E-state index contributed by atoms with van der Waals surface area (Å²) in [5.74, 6) is 0. The zero-order chi connectivity index (χ0) is 10.1. The van der Waals surface area contributed by atoms with E-state index in [1.165, 1.54) is 18.6 Å². The number of fused-ring (bicyclic) bond motifs is 1. The topological polar surface area (TPSA) is 20.2 Å². The van der Waals surface area contributed by atoms with Crippen molar-refractivity contribution in [3.8, 4) is 0 Å². The Morgan fingerprint density at radius 1 is 1.50 bits per heavy atom. The molecule has 0 fully saturated rings. The van der Waals surface area contributed by atoms with E-state index < -0.39 is 0 Å². The molecule has 0 amide bonds. The van der Waals surface area contributed by atoms with E-state index in [0.717, 1.165) is 5.56 Å². The average molecular weight is 336 g/mol. The fraction of sp³-hybridized carbons (Fsp3) is 0.200. The smallest absolute Gasteiger partial charge is 0.0696 e. The zero-order valence-corrected chi connectivity index (χ0v) is 11.4. The minimum absolute atomic E-state index is 0.133. The summed E-state index contributed by atoms with van der Waals surface area (Å²) < 4.78 is 2.59. The van der Waals surface area contributed by atoms with Gasteiger partial charge in [0, 0.05) is 13.2 Å². The number of thioether (sulfide) groups is 1. The van der Waals surface area contributed by atoms with Crippen LogP contribution in [0.4, 0.5) is 0 Å². The lowest BCUT2D eigenvalue weighted by Gasteiger charge is -2.02. The molecule has 1 nitrogen and oxygen atoms in total. The summed E-state index contributed by atoms with van der Waals surface area (Å²) >= 11 is 5.84. The molecule has 0 unspecified atom stereocenters. The first-order valence-electron chi connectivity index (χ1n) is 4.11. The minimum atomic E-state index is 0.133. The molecule has 14 heavy (non-hydrogen) atoms. The molecular weight excluding hydrogens is 327 g/mol. The lowest BCUT2D eigenvalue weighted by molar-refractivity contribution is 0.284. The molecular formula is C10H9IOS2. The van der Waals surface area contributed by atoms with Gasteiger partial charge in [0.25, 0.3) is 0 Å². The van der Waals surface area contributed by atoms with E-state index >= 15 is 0 Å². The predicted octanol–water partition coefficient (Wildman–Crippen LogP) is 3.72. The van der Waals surface area contributed by atoms with Gasteiger partial charge in [-0.2, -0.15) is 0 Å². The van der Waals surface area contributed by atoms with Gasteiger partial charge in [-0.05, 0) is 51.2 Å². The largest absolute Gasteiger partial charge is 0.392 e. The maximum Gasteiger partial charge on any atom is 0.0696 e. The summed E-state index contributed by atoms with van der Waals surface area (Å²) in [6.07, 6.45) is 2.09. The second-order valence-electron chi connectivity index (χ2n) is 2.88. The number of aliphatic hydroxyl groups is 1. The van der Waals surface area contributed by atoms with Crippen LogP contribution in [-0.2, 0) is 6.61 Å². The Hall–Kier alpha value is 0.220. The molecule has 0 aliphatic rings. The number of rotatable bonds is 2. The Balaban J connectivity index is 2.76. The van der Waals surface area contributed by atoms with Crippen LogP contribution < -0.4 is 0 Å². The van der Waals surface area contributed by atoms with Gasteiger partial charge in [0.2, 0.25) is 0 Å². The van der Waals surface area contributed by atoms with Crippen LogP contribution in [0.25, 0.3) is 10.1 Å². The van der Waals surface area contributed by atoms with E-state index in [4.69, 9.17) is 5.11 Å². The number of hydrogen-bond acceptors (Lipinski definition) is 3. The maximum atomic E-state index is 9.16. The minimum Gasteiger partial charge on any atom is -0.392 e. The van der Waals surface area contributed by atoms with Gasteiger partial charge in [-0.3, -0.25) is 0 Å². The van der Waals surface area contributed by atoms with Crippen molar-refractivity contribution in [1.82, 2.24) is 0 Å². The van der Waals surface area contributed by atoms with E-state index in [2.05, 4.69) is 41.0 Å². The molecule has 1 aromatic heterocycles. The van der Waals surface area contributed by atoms with Gasteiger partial charge in [0.1, 0.15) is 0 Å². The summed E-state index contributed by atoms with van der Waals surface area (Å²) in [6.45, 7) is 0.133. The molecule has 1 aromatic carbocycles. The van der Waals surface area contributed by atoms with Gasteiger partial charge < -0.3 is 5.11 Å². The highest BCUT2D eigenvalue weighted by molar-refractivity contribution is 14.1. The highest BCUT2D eigenvalue weighted by atomic mass is 127. The number of benzene rings is 1. The third-order valence-electron chi connectivity index (χ3n) is 2.10. The van der Waals surface area contributed by atoms with Gasteiger partial charge >= 0.3 is 0 Å². The second kappa shape index (κ2) is 4.38. The molecule has 2 aromatic rings. The van der Waals surface area contributed by atoms with E-state index in [1.807, 2.05) is 5.38 Å². The van der Waals surface area contributed by atoms with E-state index in [9.17, 15) is 0 Å². The lowest BCUT2D eigenvalue weighted by atomic mass is 10.2. The third-order valence-corrected chi connectivity index (χ3v) is 5.39. The summed E-state index contributed by atoms with van der Waals surface area (Å²) in [5, 5.41) is 12.4. The third kappa shape index (κ3) is 1.68. The Bertz CT molecular complexity index is 464. The molecule has 0 saturated heterocycles. The predicted molar refractivity (Wildman–Crippen MR) is 72.2 cm³/mol. The molecule has 0 aliphatic heterocycles. The van der Waals surface area contributed by atoms with Crippen LogP contribution in [0.2, 0.25) is 0 Å². The Kier molecular flexibility index (Phi) is 3.36. The number of aliphatic hydroxyl groups excluding tert-OH is 1. The van der Waals surface area contributed by atoms with Crippen molar-refractivity contribution in [3.63, 3.8) is 0 Å². The first kappa shape index (κ1) is 10.7. The molecule has 1 heterocycles. The fourth-order valence-corrected chi connectivity index (χ4v) is 4.67. The first-order valence-corrected chi connectivity index (χ1v) is 7.29. The van der Waals surface area contributed by atoms with Crippen LogP contribution in [0.1, 0.15) is 5.56 Å². The van der Waals surface area contributed by atoms with Crippen LogP contribution in [0, 0.1) is 3.57 Å². The monoisotopic (exact) mass is 336 g/mol. The van der Waals surface area contributed by atoms with Crippen molar-refractivity contribution < 1.29 is 5.11 Å². The highest BCUT2D eigenvalue weighted by Gasteiger charge is 2.09. The maximum absolute atomic E-state index is 9.16. The van der Waals surface area contributed by atoms with Crippen molar-refractivity contribution in [2.45, 2.75) is 11.5 Å². The van der Waals surface area contributed by atoms with Crippen molar-refractivity contribution in [2.75, 3.05) is 6.26 Å². The average Bonchev–Trinajstić information content (AvgIpc) is 2.60. The van der Waals surface area contributed by atoms with Gasteiger partial charge in [-0.1, -0.05) is 6.07 Å². The second-order valence-corrected chi connectivity index (χ2v) is 5.73. The molecule has 0 bridgehead atoms. The van der Waals surface area contributed by atoms with Gasteiger partial charge in [0.15, 0.2) is 0 Å². The van der Waals surface area contributed by atoms with Gasteiger partial charge in [-0.25, -0.2) is 0 Å². The SMILES string of the molecule is CSc1c(I)ccc2c(CO)csc12. The Morgan fingerprint density at radius 3 is 2.93 bits per heavy atom. The van der Waals surface area contributed by atoms with Crippen molar-refractivity contribution in [2.24, 2.45) is 0 Å². The standard InChI is InChI=1S/C10H9IOS2/c1-13-10-8(11)3-2-7-6(4-12)5-14-9(7)10/h2-3,5,12H,4H2,1H3. The van der Waals surface area contributed by atoms with Crippen LogP contribution >= 0.6 is 45.7 Å². The van der Waals surface area contributed by atoms with Gasteiger partial charge in [0.05, 0.1) is 6.61 Å². The Morgan fingerprint density at radius 2 is 2.29 bits per heavy atom. The fourth-order valence-electron chi connectivity index (χ4n) is 1.41. The summed E-state index contributed by atoms with van der Waals surface area (Å²) in [7, 11) is 0. The Labute approximate surface area is 105 Å². The molecule has 0 saturated carbocycles. The molecule has 0 aliphatic carbocycles. The summed E-state index contributed by atoms with van der Waals surface area (Å²) in [5.41, 5.74) is 1.04. The molecule has 0 atom stereocenters. The summed E-state index contributed by atoms with van der Waals surface area (Å²) in [4.78, 5) is 1.33. The van der Waals surface area contributed by atoms with Crippen molar-refractivity contribution >= 4 is 55.8 Å². The van der Waals surface area contributed by atoms with E-state index in [0.29, 0.717) is 0 Å². The lowest BCUT2D eigenvalue weighted by Crippen LogP contribution is -1.82. The first-order chi connectivity index (χ1) is 6.77. The quantitative estimate of drug-likeness (QED) is 0.666. The molecule has 4 heteroatoms. The normalized spacial score (nSPS) is 11.1. The number of halogens is 1. The van der Waals surface area contributed by atoms with Gasteiger partial charge in [-0.15, -0.1) is 23.1 Å².